The Hall–Kier alpha value is -2.66. The minimum Gasteiger partial charge on any atom is -0.376 e. The molecule has 0 saturated carbocycles. The van der Waals surface area contributed by atoms with Crippen LogP contribution < -0.4 is 10.6 Å². The molecule has 2 N–H and O–H groups in total. The van der Waals surface area contributed by atoms with E-state index in [1.165, 1.54) is 0 Å². The Morgan fingerprint density at radius 2 is 1.50 bits per heavy atom. The van der Waals surface area contributed by atoms with Gasteiger partial charge >= 0.3 is 11.8 Å². The lowest BCUT2D eigenvalue weighted by molar-refractivity contribution is -0.139. The van der Waals surface area contributed by atoms with Crippen LogP contribution in [0.2, 0.25) is 0 Å². The quantitative estimate of drug-likeness (QED) is 0.784. The number of amides is 2. The van der Waals surface area contributed by atoms with E-state index in [-0.39, 0.29) is 12.0 Å². The van der Waals surface area contributed by atoms with Crippen LogP contribution in [0, 0.1) is 0 Å². The number of nitrogens with one attached hydrogen (secondary N) is 2. The van der Waals surface area contributed by atoms with Crippen molar-refractivity contribution in [3.05, 3.63) is 71.8 Å². The zero-order valence-corrected chi connectivity index (χ0v) is 14.7. The van der Waals surface area contributed by atoms with Crippen molar-refractivity contribution in [3.63, 3.8) is 0 Å². The maximum atomic E-state index is 12.2. The molecule has 0 aliphatic carbocycles. The van der Waals surface area contributed by atoms with Crippen LogP contribution in [0.5, 0.6) is 0 Å². The highest BCUT2D eigenvalue weighted by Gasteiger charge is 2.21. The first-order valence-electron chi connectivity index (χ1n) is 9.01. The van der Waals surface area contributed by atoms with Crippen LogP contribution in [0.25, 0.3) is 0 Å². The van der Waals surface area contributed by atoms with E-state index in [0.717, 1.165) is 30.6 Å². The van der Waals surface area contributed by atoms with Gasteiger partial charge in [-0.1, -0.05) is 60.7 Å². The topological polar surface area (TPSA) is 67.4 Å². The first-order chi connectivity index (χ1) is 12.7. The molecule has 0 unspecified atom stereocenters. The van der Waals surface area contributed by atoms with E-state index in [1.807, 2.05) is 60.7 Å². The number of hydrogen-bond acceptors (Lipinski definition) is 3. The molecule has 1 aliphatic rings. The lowest BCUT2D eigenvalue weighted by Crippen LogP contribution is -2.43. The van der Waals surface area contributed by atoms with Crippen molar-refractivity contribution in [1.82, 2.24) is 10.6 Å². The van der Waals surface area contributed by atoms with Gasteiger partial charge in [0.2, 0.25) is 0 Å². The van der Waals surface area contributed by atoms with Gasteiger partial charge in [-0.05, 0) is 24.0 Å². The van der Waals surface area contributed by atoms with E-state index in [4.69, 9.17) is 4.74 Å². The Kier molecular flexibility index (Phi) is 6.39. The van der Waals surface area contributed by atoms with Crippen LogP contribution >= 0.6 is 0 Å². The van der Waals surface area contributed by atoms with Crippen molar-refractivity contribution in [2.24, 2.45) is 0 Å². The van der Waals surface area contributed by atoms with Crippen LogP contribution in [0.1, 0.15) is 29.9 Å². The molecule has 3 rings (SSSR count). The fraction of sp³-hybridized carbons (Fsp3) is 0.333. The maximum absolute atomic E-state index is 12.2. The van der Waals surface area contributed by atoms with Crippen LogP contribution in [-0.2, 0) is 14.3 Å². The van der Waals surface area contributed by atoms with Crippen molar-refractivity contribution < 1.29 is 14.3 Å². The van der Waals surface area contributed by atoms with Crippen molar-refractivity contribution in [2.75, 3.05) is 19.7 Å². The molecule has 136 valence electrons. The summed E-state index contributed by atoms with van der Waals surface area (Å²) in [6.45, 7) is 1.47. The molecule has 2 aromatic carbocycles. The second kappa shape index (κ2) is 9.15. The first kappa shape index (κ1) is 18.1. The first-order valence-corrected chi connectivity index (χ1v) is 9.01. The second-order valence-corrected chi connectivity index (χ2v) is 6.43. The van der Waals surface area contributed by atoms with Gasteiger partial charge in [0.15, 0.2) is 0 Å². The van der Waals surface area contributed by atoms with Crippen LogP contribution in [-0.4, -0.2) is 37.6 Å². The SMILES string of the molecule is O=C(NCC(c1ccccc1)c1ccccc1)C(=O)NC[C@H]1CCCO1. The lowest BCUT2D eigenvalue weighted by atomic mass is 9.91. The molecule has 1 atom stereocenters. The summed E-state index contributed by atoms with van der Waals surface area (Å²) in [6, 6.07) is 19.9. The molecule has 2 amide bonds. The van der Waals surface area contributed by atoms with E-state index in [9.17, 15) is 9.59 Å². The molecule has 2 aromatic rings. The van der Waals surface area contributed by atoms with E-state index in [1.54, 1.807) is 0 Å². The molecule has 0 radical (unpaired) electrons. The zero-order valence-electron chi connectivity index (χ0n) is 14.7. The van der Waals surface area contributed by atoms with Crippen molar-refractivity contribution in [1.29, 1.82) is 0 Å². The lowest BCUT2D eigenvalue weighted by Gasteiger charge is -2.19. The molecule has 1 heterocycles. The predicted molar refractivity (Wildman–Crippen MR) is 99.7 cm³/mol. The van der Waals surface area contributed by atoms with Crippen LogP contribution in [0.4, 0.5) is 0 Å². The summed E-state index contributed by atoms with van der Waals surface area (Å²) in [4.78, 5) is 24.2. The summed E-state index contributed by atoms with van der Waals surface area (Å²) in [6.07, 6.45) is 1.95. The Morgan fingerprint density at radius 3 is 2.04 bits per heavy atom. The predicted octanol–water partition coefficient (Wildman–Crippen LogP) is 2.23. The van der Waals surface area contributed by atoms with Crippen molar-refractivity contribution >= 4 is 11.8 Å². The van der Waals surface area contributed by atoms with Gasteiger partial charge in [0, 0.05) is 25.6 Å². The molecule has 5 heteroatoms. The molecule has 0 spiro atoms. The van der Waals surface area contributed by atoms with Gasteiger partial charge in [0.25, 0.3) is 0 Å². The molecular weight excluding hydrogens is 328 g/mol. The van der Waals surface area contributed by atoms with Gasteiger partial charge in [-0.15, -0.1) is 0 Å². The number of ether oxygens (including phenoxy) is 1. The Balaban J connectivity index is 1.58. The summed E-state index contributed by atoms with van der Waals surface area (Å²) >= 11 is 0. The van der Waals surface area contributed by atoms with Gasteiger partial charge in [-0.25, -0.2) is 0 Å². The number of carbonyl (C=O) groups is 2. The normalized spacial score (nSPS) is 16.4. The third kappa shape index (κ3) is 4.92. The summed E-state index contributed by atoms with van der Waals surface area (Å²) in [5.41, 5.74) is 2.19. The summed E-state index contributed by atoms with van der Waals surface area (Å²) in [7, 11) is 0. The fourth-order valence-electron chi connectivity index (χ4n) is 3.17. The van der Waals surface area contributed by atoms with Crippen molar-refractivity contribution in [2.45, 2.75) is 24.9 Å². The van der Waals surface area contributed by atoms with Gasteiger partial charge in [0.1, 0.15) is 0 Å². The van der Waals surface area contributed by atoms with Gasteiger partial charge in [-0.3, -0.25) is 9.59 Å². The average molecular weight is 352 g/mol. The Bertz CT molecular complexity index is 673. The number of benzene rings is 2. The smallest absolute Gasteiger partial charge is 0.309 e. The van der Waals surface area contributed by atoms with E-state index in [0.29, 0.717) is 13.1 Å². The Morgan fingerprint density at radius 1 is 0.923 bits per heavy atom. The van der Waals surface area contributed by atoms with Gasteiger partial charge < -0.3 is 15.4 Å². The summed E-state index contributed by atoms with van der Waals surface area (Å²) in [5.74, 6) is -1.23. The van der Waals surface area contributed by atoms with Gasteiger partial charge in [-0.2, -0.15) is 0 Å². The second-order valence-electron chi connectivity index (χ2n) is 6.43. The highest BCUT2D eigenvalue weighted by atomic mass is 16.5. The number of carbonyl (C=O) groups excluding carboxylic acids is 2. The molecule has 26 heavy (non-hydrogen) atoms. The average Bonchev–Trinajstić information content (AvgIpc) is 3.21. The van der Waals surface area contributed by atoms with E-state index in [2.05, 4.69) is 10.6 Å². The number of hydrogen-bond donors (Lipinski definition) is 2. The molecule has 0 bridgehead atoms. The third-order valence-corrected chi connectivity index (χ3v) is 4.59. The highest BCUT2D eigenvalue weighted by molar-refractivity contribution is 6.35. The minimum absolute atomic E-state index is 0.00712. The van der Waals surface area contributed by atoms with Gasteiger partial charge in [0.05, 0.1) is 6.10 Å². The highest BCUT2D eigenvalue weighted by Crippen LogP contribution is 2.23. The summed E-state index contributed by atoms with van der Waals surface area (Å²) in [5, 5.41) is 5.41. The molecule has 5 nitrogen and oxygen atoms in total. The molecule has 1 aliphatic heterocycles. The monoisotopic (exact) mass is 352 g/mol. The molecule has 1 fully saturated rings. The zero-order chi connectivity index (χ0) is 18.2. The molecule has 1 saturated heterocycles. The minimum atomic E-state index is -0.611. The Labute approximate surface area is 153 Å². The number of rotatable bonds is 6. The molecular formula is C21H24N2O3. The summed E-state index contributed by atoms with van der Waals surface area (Å²) < 4.78 is 5.45. The van der Waals surface area contributed by atoms with Crippen LogP contribution in [0.15, 0.2) is 60.7 Å². The van der Waals surface area contributed by atoms with E-state index < -0.39 is 11.8 Å². The maximum Gasteiger partial charge on any atom is 0.309 e. The van der Waals surface area contributed by atoms with Crippen molar-refractivity contribution in [3.8, 4) is 0 Å². The standard InChI is InChI=1S/C21H24N2O3/c24-20(22-14-18-12-7-13-26-18)21(25)23-15-19(16-8-3-1-4-9-16)17-10-5-2-6-11-17/h1-6,8-11,18-19H,7,12-15H2,(H,22,24)(H,23,25)/t18-/m1/s1. The van der Waals surface area contributed by atoms with Crippen LogP contribution in [0.3, 0.4) is 0 Å². The van der Waals surface area contributed by atoms with E-state index >= 15 is 0 Å². The largest absolute Gasteiger partial charge is 0.376 e. The molecule has 0 aromatic heterocycles. The third-order valence-electron chi connectivity index (χ3n) is 4.59. The fourth-order valence-corrected chi connectivity index (χ4v) is 3.17.